The van der Waals surface area contributed by atoms with Crippen LogP contribution >= 0.6 is 0 Å². The first kappa shape index (κ1) is 9.53. The summed E-state index contributed by atoms with van der Waals surface area (Å²) in [6.45, 7) is 3.28. The molecule has 0 heterocycles. The van der Waals surface area contributed by atoms with Crippen LogP contribution in [0.15, 0.2) is 18.2 Å². The van der Waals surface area contributed by atoms with Crippen molar-refractivity contribution in [2.24, 2.45) is 0 Å². The Hall–Kier alpha value is -1.56. The van der Waals surface area contributed by atoms with Gasteiger partial charge in [0.1, 0.15) is 17.6 Å². The predicted octanol–water partition coefficient (Wildman–Crippen LogP) is 2.43. The molecular formula is C10H10FNO. The molecule has 1 aromatic carbocycles. The highest BCUT2D eigenvalue weighted by atomic mass is 19.1. The van der Waals surface area contributed by atoms with Crippen molar-refractivity contribution in [1.29, 1.82) is 5.26 Å². The summed E-state index contributed by atoms with van der Waals surface area (Å²) in [7, 11) is 0. The van der Waals surface area contributed by atoms with E-state index in [0.717, 1.165) is 0 Å². The van der Waals surface area contributed by atoms with Crippen LogP contribution in [0.4, 0.5) is 4.39 Å². The van der Waals surface area contributed by atoms with E-state index in [1.54, 1.807) is 26.0 Å². The van der Waals surface area contributed by atoms with Gasteiger partial charge in [-0.2, -0.15) is 5.26 Å². The Kier molecular flexibility index (Phi) is 2.86. The second kappa shape index (κ2) is 3.90. The minimum atomic E-state index is -0.554. The van der Waals surface area contributed by atoms with Crippen LogP contribution in [-0.2, 0) is 0 Å². The van der Waals surface area contributed by atoms with Gasteiger partial charge in [-0.05, 0) is 25.5 Å². The first-order valence-electron chi connectivity index (χ1n) is 3.96. The molecule has 0 N–H and O–H groups in total. The average molecular weight is 179 g/mol. The summed E-state index contributed by atoms with van der Waals surface area (Å²) in [5, 5.41) is 8.45. The van der Waals surface area contributed by atoms with Gasteiger partial charge in [0.2, 0.25) is 0 Å². The second-order valence-corrected chi connectivity index (χ2v) is 2.80. The average Bonchev–Trinajstić information content (AvgIpc) is 2.11. The van der Waals surface area contributed by atoms with Crippen molar-refractivity contribution in [1.82, 2.24) is 0 Å². The number of rotatable bonds is 2. The molecule has 0 aliphatic heterocycles. The summed E-state index contributed by atoms with van der Waals surface area (Å²) in [5.41, 5.74) is 0.567. The molecule has 0 radical (unpaired) electrons. The smallest absolute Gasteiger partial charge is 0.181 e. The van der Waals surface area contributed by atoms with Crippen LogP contribution in [0.3, 0.4) is 0 Å². The van der Waals surface area contributed by atoms with Gasteiger partial charge in [0, 0.05) is 6.07 Å². The van der Waals surface area contributed by atoms with E-state index >= 15 is 0 Å². The fourth-order valence-electron chi connectivity index (χ4n) is 0.877. The summed E-state index contributed by atoms with van der Waals surface area (Å²) in [5.74, 6) is 0.0692. The SMILES string of the molecule is Cc1ccc(OC(C)C#N)cc1F. The summed E-state index contributed by atoms with van der Waals surface area (Å²) in [6.07, 6.45) is -0.554. The molecule has 0 aliphatic carbocycles. The second-order valence-electron chi connectivity index (χ2n) is 2.80. The lowest BCUT2D eigenvalue weighted by molar-refractivity contribution is 0.275. The van der Waals surface area contributed by atoms with E-state index in [2.05, 4.69) is 0 Å². The Morgan fingerprint density at radius 3 is 2.77 bits per heavy atom. The van der Waals surface area contributed by atoms with Gasteiger partial charge in [-0.25, -0.2) is 4.39 Å². The van der Waals surface area contributed by atoms with Crippen LogP contribution in [0.2, 0.25) is 0 Å². The minimum Gasteiger partial charge on any atom is -0.476 e. The van der Waals surface area contributed by atoms with Crippen molar-refractivity contribution in [3.8, 4) is 11.8 Å². The van der Waals surface area contributed by atoms with E-state index in [1.165, 1.54) is 6.07 Å². The molecule has 2 nitrogen and oxygen atoms in total. The molecule has 13 heavy (non-hydrogen) atoms. The molecule has 3 heteroatoms. The summed E-state index contributed by atoms with van der Waals surface area (Å²) >= 11 is 0. The lowest BCUT2D eigenvalue weighted by Gasteiger charge is -2.07. The normalized spacial score (nSPS) is 11.8. The molecular weight excluding hydrogens is 169 g/mol. The van der Waals surface area contributed by atoms with E-state index in [-0.39, 0.29) is 5.82 Å². The van der Waals surface area contributed by atoms with Gasteiger partial charge in [-0.15, -0.1) is 0 Å². The summed E-state index contributed by atoms with van der Waals surface area (Å²) < 4.78 is 18.1. The third-order valence-electron chi connectivity index (χ3n) is 1.64. The maximum atomic E-state index is 13.0. The molecule has 1 aromatic rings. The molecule has 1 rings (SSSR count). The zero-order valence-corrected chi connectivity index (χ0v) is 7.54. The Bertz CT molecular complexity index is 343. The molecule has 0 saturated heterocycles. The van der Waals surface area contributed by atoms with Crippen LogP contribution in [-0.4, -0.2) is 6.10 Å². The Balaban J connectivity index is 2.81. The van der Waals surface area contributed by atoms with Gasteiger partial charge < -0.3 is 4.74 Å². The Morgan fingerprint density at radius 2 is 2.23 bits per heavy atom. The maximum Gasteiger partial charge on any atom is 0.181 e. The molecule has 0 aromatic heterocycles. The maximum absolute atomic E-state index is 13.0. The monoisotopic (exact) mass is 179 g/mol. The molecule has 1 unspecified atom stereocenters. The third kappa shape index (κ3) is 2.45. The van der Waals surface area contributed by atoms with Gasteiger partial charge in [-0.1, -0.05) is 6.07 Å². The number of aryl methyl sites for hydroxylation is 1. The highest BCUT2D eigenvalue weighted by molar-refractivity contribution is 5.28. The predicted molar refractivity (Wildman–Crippen MR) is 46.8 cm³/mol. The number of benzene rings is 1. The number of nitrogens with zero attached hydrogens (tertiary/aromatic N) is 1. The standard InChI is InChI=1S/C10H10FNO/c1-7-3-4-9(5-10(7)11)13-8(2)6-12/h3-5,8H,1-2H3. The largest absolute Gasteiger partial charge is 0.476 e. The van der Waals surface area contributed by atoms with Crippen LogP contribution in [0.25, 0.3) is 0 Å². The molecule has 0 saturated carbocycles. The molecule has 0 aliphatic rings. The lowest BCUT2D eigenvalue weighted by atomic mass is 10.2. The summed E-state index contributed by atoms with van der Waals surface area (Å²) in [6, 6.07) is 6.45. The first-order chi connectivity index (χ1) is 6.13. The van der Waals surface area contributed by atoms with Gasteiger partial charge in [0.25, 0.3) is 0 Å². The van der Waals surface area contributed by atoms with Crippen molar-refractivity contribution in [3.05, 3.63) is 29.6 Å². The number of hydrogen-bond acceptors (Lipinski definition) is 2. The van der Waals surface area contributed by atoms with Gasteiger partial charge >= 0.3 is 0 Å². The van der Waals surface area contributed by atoms with Gasteiger partial charge in [0.05, 0.1) is 0 Å². The van der Waals surface area contributed by atoms with E-state index < -0.39 is 6.10 Å². The van der Waals surface area contributed by atoms with Gasteiger partial charge in [-0.3, -0.25) is 0 Å². The third-order valence-corrected chi connectivity index (χ3v) is 1.64. The Morgan fingerprint density at radius 1 is 1.54 bits per heavy atom. The lowest BCUT2D eigenvalue weighted by Crippen LogP contribution is -2.08. The van der Waals surface area contributed by atoms with Crippen molar-refractivity contribution >= 4 is 0 Å². The van der Waals surface area contributed by atoms with Crippen LogP contribution in [0.1, 0.15) is 12.5 Å². The number of hydrogen-bond donors (Lipinski definition) is 0. The molecule has 68 valence electrons. The van der Waals surface area contributed by atoms with E-state index in [9.17, 15) is 4.39 Å². The zero-order valence-electron chi connectivity index (χ0n) is 7.54. The van der Waals surface area contributed by atoms with E-state index in [0.29, 0.717) is 11.3 Å². The van der Waals surface area contributed by atoms with Gasteiger partial charge in [0.15, 0.2) is 6.10 Å². The highest BCUT2D eigenvalue weighted by Crippen LogP contribution is 2.16. The number of ether oxygens (including phenoxy) is 1. The minimum absolute atomic E-state index is 0.317. The van der Waals surface area contributed by atoms with Crippen molar-refractivity contribution in [2.45, 2.75) is 20.0 Å². The molecule has 0 spiro atoms. The molecule has 0 amide bonds. The molecule has 1 atom stereocenters. The van der Waals surface area contributed by atoms with Crippen LogP contribution in [0, 0.1) is 24.1 Å². The number of nitriles is 1. The topological polar surface area (TPSA) is 33.0 Å². The fourth-order valence-corrected chi connectivity index (χ4v) is 0.877. The van der Waals surface area contributed by atoms with Crippen molar-refractivity contribution in [3.63, 3.8) is 0 Å². The van der Waals surface area contributed by atoms with E-state index in [1.807, 2.05) is 6.07 Å². The van der Waals surface area contributed by atoms with Crippen molar-refractivity contribution in [2.75, 3.05) is 0 Å². The molecule has 0 fully saturated rings. The molecule has 0 bridgehead atoms. The fraction of sp³-hybridized carbons (Fsp3) is 0.300. The van der Waals surface area contributed by atoms with Crippen LogP contribution < -0.4 is 4.74 Å². The summed E-state index contributed by atoms with van der Waals surface area (Å²) in [4.78, 5) is 0. The van der Waals surface area contributed by atoms with Crippen LogP contribution in [0.5, 0.6) is 5.75 Å². The first-order valence-corrected chi connectivity index (χ1v) is 3.96. The van der Waals surface area contributed by atoms with E-state index in [4.69, 9.17) is 10.00 Å². The zero-order chi connectivity index (χ0) is 9.84. The highest BCUT2D eigenvalue weighted by Gasteiger charge is 2.03. The Labute approximate surface area is 76.6 Å². The number of halogens is 1. The van der Waals surface area contributed by atoms with Crippen molar-refractivity contribution < 1.29 is 9.13 Å². The quantitative estimate of drug-likeness (QED) is 0.698.